The Morgan fingerprint density at radius 2 is 1.61 bits per heavy atom. The number of amides is 2. The molecule has 0 radical (unpaired) electrons. The van der Waals surface area contributed by atoms with Gasteiger partial charge in [0.2, 0.25) is 0 Å². The number of para-hydroxylation sites is 1. The second-order valence-electron chi connectivity index (χ2n) is 7.67. The summed E-state index contributed by atoms with van der Waals surface area (Å²) in [7, 11) is 0. The van der Waals surface area contributed by atoms with Crippen molar-refractivity contribution in [3.63, 3.8) is 0 Å². The first-order valence-electron chi connectivity index (χ1n) is 10.4. The Morgan fingerprint density at radius 3 is 2.26 bits per heavy atom. The van der Waals surface area contributed by atoms with Crippen molar-refractivity contribution < 1.29 is 9.59 Å². The monoisotopic (exact) mass is 411 g/mol. The van der Waals surface area contributed by atoms with Crippen LogP contribution < -0.4 is 4.90 Å². The molecule has 1 aliphatic heterocycles. The van der Waals surface area contributed by atoms with Crippen LogP contribution in [0.1, 0.15) is 29.2 Å². The molecule has 0 unspecified atom stereocenters. The topological polar surface area (TPSA) is 53.5 Å². The maximum atomic E-state index is 13.6. The maximum Gasteiger partial charge on any atom is 0.278 e. The molecule has 0 bridgehead atoms. The number of aromatic nitrogens is 1. The predicted octanol–water partition coefficient (Wildman–Crippen LogP) is 4.51. The molecule has 0 saturated carbocycles. The third kappa shape index (κ3) is 3.87. The van der Waals surface area contributed by atoms with Crippen molar-refractivity contribution in [1.82, 2.24) is 9.88 Å². The lowest BCUT2D eigenvalue weighted by Crippen LogP contribution is -2.34. The van der Waals surface area contributed by atoms with Crippen molar-refractivity contribution >= 4 is 23.1 Å². The zero-order valence-electron chi connectivity index (χ0n) is 18.0. The number of hydrogen-bond acceptors (Lipinski definition) is 4. The second-order valence-corrected chi connectivity index (χ2v) is 7.67. The molecule has 0 spiro atoms. The number of nitrogens with zero attached hydrogens (tertiary/aromatic N) is 3. The Morgan fingerprint density at radius 1 is 0.903 bits per heavy atom. The number of likely N-dealkylation sites (N-methyl/N-ethyl adjacent to an activating group) is 1. The summed E-state index contributed by atoms with van der Waals surface area (Å²) in [6.07, 6.45) is 3.34. The lowest BCUT2D eigenvalue weighted by molar-refractivity contribution is -0.137. The summed E-state index contributed by atoms with van der Waals surface area (Å²) < 4.78 is 0. The predicted molar refractivity (Wildman–Crippen MR) is 122 cm³/mol. The van der Waals surface area contributed by atoms with Gasteiger partial charge in [-0.25, -0.2) is 0 Å². The highest BCUT2D eigenvalue weighted by Gasteiger charge is 2.42. The van der Waals surface area contributed by atoms with E-state index in [1.54, 1.807) is 12.4 Å². The third-order valence-corrected chi connectivity index (χ3v) is 5.54. The number of carbonyl (C=O) groups is 2. The van der Waals surface area contributed by atoms with E-state index < -0.39 is 0 Å². The van der Waals surface area contributed by atoms with E-state index in [0.717, 1.165) is 27.9 Å². The molecule has 3 aromatic rings. The van der Waals surface area contributed by atoms with Crippen LogP contribution in [0.4, 0.5) is 5.69 Å². The smallest absolute Gasteiger partial charge is 0.278 e. The van der Waals surface area contributed by atoms with Gasteiger partial charge < -0.3 is 4.90 Å². The lowest BCUT2D eigenvalue weighted by Gasteiger charge is -2.25. The van der Waals surface area contributed by atoms with Crippen molar-refractivity contribution in [2.75, 3.05) is 11.4 Å². The fourth-order valence-corrected chi connectivity index (χ4v) is 4.04. The third-order valence-electron chi connectivity index (χ3n) is 5.54. The summed E-state index contributed by atoms with van der Waals surface area (Å²) in [5, 5.41) is 0. The van der Waals surface area contributed by atoms with E-state index in [0.29, 0.717) is 17.8 Å². The Labute approximate surface area is 182 Å². The first-order chi connectivity index (χ1) is 15.0. The number of pyridine rings is 1. The lowest BCUT2D eigenvalue weighted by atomic mass is 9.97. The summed E-state index contributed by atoms with van der Waals surface area (Å²) >= 11 is 0. The van der Waals surface area contributed by atoms with Gasteiger partial charge in [0.25, 0.3) is 11.8 Å². The zero-order valence-corrected chi connectivity index (χ0v) is 18.0. The minimum absolute atomic E-state index is 0.213. The van der Waals surface area contributed by atoms with Crippen molar-refractivity contribution in [2.24, 2.45) is 0 Å². The van der Waals surface area contributed by atoms with Gasteiger partial charge in [-0.2, -0.15) is 0 Å². The summed E-state index contributed by atoms with van der Waals surface area (Å²) in [5.74, 6) is -0.541. The molecule has 1 aliphatic rings. The highest BCUT2D eigenvalue weighted by Crippen LogP contribution is 2.36. The van der Waals surface area contributed by atoms with Crippen LogP contribution in [-0.4, -0.2) is 28.2 Å². The average molecular weight is 412 g/mol. The molecule has 5 nitrogen and oxygen atoms in total. The second kappa shape index (κ2) is 8.56. The molecule has 0 atom stereocenters. The van der Waals surface area contributed by atoms with E-state index in [1.807, 2.05) is 86.3 Å². The standard InChI is InChI=1S/C26H25N3O2/c1-4-28(21-8-6-5-7-9-21)24-23(22-11-10-18(2)16-19(22)3)25(30)29(26(24)31)17-20-12-14-27-15-13-20/h5-16H,4,17H2,1-3H3. The number of carbonyl (C=O) groups excluding carboxylic acids is 2. The molecule has 5 heteroatoms. The zero-order chi connectivity index (χ0) is 22.0. The van der Waals surface area contributed by atoms with Crippen LogP contribution in [0.25, 0.3) is 5.57 Å². The van der Waals surface area contributed by atoms with E-state index in [-0.39, 0.29) is 18.4 Å². The van der Waals surface area contributed by atoms with Crippen molar-refractivity contribution in [3.8, 4) is 0 Å². The van der Waals surface area contributed by atoms with Crippen molar-refractivity contribution in [1.29, 1.82) is 0 Å². The molecule has 0 saturated heterocycles. The van der Waals surface area contributed by atoms with Crippen LogP contribution in [0.15, 0.2) is 78.8 Å². The van der Waals surface area contributed by atoms with Gasteiger partial charge in [0.15, 0.2) is 0 Å². The average Bonchev–Trinajstić information content (AvgIpc) is 3.01. The first-order valence-corrected chi connectivity index (χ1v) is 10.4. The van der Waals surface area contributed by atoms with Gasteiger partial charge in [-0.15, -0.1) is 0 Å². The molecule has 0 aliphatic carbocycles. The Hall–Kier alpha value is -3.73. The van der Waals surface area contributed by atoms with Crippen LogP contribution in [0.2, 0.25) is 0 Å². The number of rotatable bonds is 6. The molecule has 31 heavy (non-hydrogen) atoms. The molecular formula is C26H25N3O2. The number of imide groups is 1. The minimum atomic E-state index is -0.275. The Kier molecular flexibility index (Phi) is 5.67. The van der Waals surface area contributed by atoms with Gasteiger partial charge in [0.05, 0.1) is 12.1 Å². The number of hydrogen-bond donors (Lipinski definition) is 0. The quantitative estimate of drug-likeness (QED) is 0.560. The normalized spacial score (nSPS) is 13.8. The van der Waals surface area contributed by atoms with E-state index in [9.17, 15) is 9.59 Å². The molecule has 2 heterocycles. The number of benzene rings is 2. The number of aryl methyl sites for hydroxylation is 2. The largest absolute Gasteiger partial charge is 0.337 e. The van der Waals surface area contributed by atoms with Gasteiger partial charge in [-0.1, -0.05) is 42.0 Å². The Bertz CT molecular complexity index is 1150. The van der Waals surface area contributed by atoms with Crippen LogP contribution in [0.5, 0.6) is 0 Å². The molecule has 2 amide bonds. The Balaban J connectivity index is 1.86. The van der Waals surface area contributed by atoms with E-state index in [1.165, 1.54) is 4.90 Å². The van der Waals surface area contributed by atoms with Gasteiger partial charge in [0, 0.05) is 24.6 Å². The van der Waals surface area contributed by atoms with Crippen LogP contribution in [0, 0.1) is 13.8 Å². The minimum Gasteiger partial charge on any atom is -0.337 e. The molecule has 2 aromatic carbocycles. The first kappa shape index (κ1) is 20.5. The van der Waals surface area contributed by atoms with Crippen LogP contribution in [-0.2, 0) is 16.1 Å². The number of anilines is 1. The fraction of sp³-hybridized carbons (Fsp3) is 0.192. The summed E-state index contributed by atoms with van der Waals surface area (Å²) in [6, 6.07) is 19.3. The van der Waals surface area contributed by atoms with Gasteiger partial charge in [-0.3, -0.25) is 19.5 Å². The molecular weight excluding hydrogens is 386 g/mol. The van der Waals surface area contributed by atoms with Gasteiger partial charge >= 0.3 is 0 Å². The molecule has 4 rings (SSSR count). The highest BCUT2D eigenvalue weighted by atomic mass is 16.2. The summed E-state index contributed by atoms with van der Waals surface area (Å²) in [6.45, 7) is 6.77. The summed E-state index contributed by atoms with van der Waals surface area (Å²) in [5.41, 5.74) is 5.52. The van der Waals surface area contributed by atoms with Crippen molar-refractivity contribution in [2.45, 2.75) is 27.3 Å². The summed E-state index contributed by atoms with van der Waals surface area (Å²) in [4.78, 5) is 34.6. The van der Waals surface area contributed by atoms with Crippen LogP contribution >= 0.6 is 0 Å². The molecule has 0 N–H and O–H groups in total. The van der Waals surface area contributed by atoms with E-state index in [2.05, 4.69) is 4.98 Å². The van der Waals surface area contributed by atoms with E-state index in [4.69, 9.17) is 0 Å². The van der Waals surface area contributed by atoms with Gasteiger partial charge in [-0.05, 0) is 61.7 Å². The van der Waals surface area contributed by atoms with Crippen LogP contribution in [0.3, 0.4) is 0 Å². The highest BCUT2D eigenvalue weighted by molar-refractivity contribution is 6.36. The molecule has 1 aromatic heterocycles. The molecule has 0 fully saturated rings. The molecule has 156 valence electrons. The van der Waals surface area contributed by atoms with Crippen molar-refractivity contribution in [3.05, 3.63) is 101 Å². The van der Waals surface area contributed by atoms with E-state index >= 15 is 0 Å². The fourth-order valence-electron chi connectivity index (χ4n) is 4.04. The SMILES string of the molecule is CCN(C1=C(c2ccc(C)cc2C)C(=O)N(Cc2ccncc2)C1=O)c1ccccc1. The maximum absolute atomic E-state index is 13.6. The van der Waals surface area contributed by atoms with Gasteiger partial charge in [0.1, 0.15) is 5.70 Å².